The van der Waals surface area contributed by atoms with Crippen molar-refractivity contribution in [2.45, 2.75) is 29.3 Å². The van der Waals surface area contributed by atoms with Gasteiger partial charge in [-0.2, -0.15) is 8.78 Å². The summed E-state index contributed by atoms with van der Waals surface area (Å²) in [6.07, 6.45) is -2.14. The second-order valence-electron chi connectivity index (χ2n) is 7.90. The van der Waals surface area contributed by atoms with E-state index in [1.807, 2.05) is 48.5 Å². The predicted molar refractivity (Wildman–Crippen MR) is 106 cm³/mol. The fourth-order valence-electron chi connectivity index (χ4n) is 4.83. The summed E-state index contributed by atoms with van der Waals surface area (Å²) in [4.78, 5) is 10.0. The highest BCUT2D eigenvalue weighted by molar-refractivity contribution is 7.85. The van der Waals surface area contributed by atoms with Gasteiger partial charge in [0.2, 0.25) is 17.4 Å². The molecular formula is C23H13F4O6S-. The molecule has 1 atom stereocenters. The smallest absolute Gasteiger partial charge is 0.514 e. The molecule has 0 spiro atoms. The standard InChI is InChI=1S/C23H14F4O6S/c24-17-19(26)22(34(29,30)31)20(27)18(25)21(17)33-23(28)32-15-9-14-10-5-1-3-7-12(10)16(15)13-8-4-2-6-11(13)14/h1-8,14-16H,9H2,(H,29,30,31)/p-1. The van der Waals surface area contributed by atoms with Crippen LogP contribution in [-0.2, 0) is 14.9 Å². The number of carbonyl (C=O) groups is 1. The van der Waals surface area contributed by atoms with Gasteiger partial charge in [-0.3, -0.25) is 0 Å². The lowest BCUT2D eigenvalue weighted by atomic mass is 9.62. The summed E-state index contributed by atoms with van der Waals surface area (Å²) < 4.78 is 98.9. The lowest BCUT2D eigenvalue weighted by Crippen LogP contribution is -2.39. The van der Waals surface area contributed by atoms with Gasteiger partial charge < -0.3 is 14.0 Å². The maximum atomic E-state index is 14.2. The van der Waals surface area contributed by atoms with E-state index in [0.717, 1.165) is 22.3 Å². The zero-order valence-electron chi connectivity index (χ0n) is 16.9. The van der Waals surface area contributed by atoms with Gasteiger partial charge in [0.25, 0.3) is 0 Å². The minimum Gasteiger partial charge on any atom is -0.744 e. The summed E-state index contributed by atoms with van der Waals surface area (Å²) in [5.41, 5.74) is 3.90. The summed E-state index contributed by atoms with van der Waals surface area (Å²) in [5.74, 6) is -12.1. The number of rotatable bonds is 3. The molecule has 3 aromatic carbocycles. The van der Waals surface area contributed by atoms with Gasteiger partial charge in [0.15, 0.2) is 11.6 Å². The number of benzene rings is 3. The molecule has 3 aliphatic rings. The van der Waals surface area contributed by atoms with Gasteiger partial charge in [0.1, 0.15) is 21.1 Å². The van der Waals surface area contributed by atoms with E-state index in [4.69, 9.17) is 4.74 Å². The predicted octanol–water partition coefficient (Wildman–Crippen LogP) is 4.71. The molecule has 6 rings (SSSR count). The first kappa shape index (κ1) is 22.4. The molecule has 3 aliphatic carbocycles. The van der Waals surface area contributed by atoms with E-state index in [1.165, 1.54) is 0 Å². The van der Waals surface area contributed by atoms with Crippen LogP contribution in [-0.4, -0.2) is 25.2 Å². The lowest BCUT2D eigenvalue weighted by Gasteiger charge is -2.44. The van der Waals surface area contributed by atoms with Crippen LogP contribution in [0.15, 0.2) is 53.4 Å². The molecule has 0 radical (unpaired) electrons. The average molecular weight is 493 g/mol. The van der Waals surface area contributed by atoms with Gasteiger partial charge in [0.05, 0.1) is 0 Å². The van der Waals surface area contributed by atoms with Crippen LogP contribution in [0.4, 0.5) is 22.4 Å². The summed E-state index contributed by atoms with van der Waals surface area (Å²) in [6, 6.07) is 15.1. The minimum absolute atomic E-state index is 0.125. The van der Waals surface area contributed by atoms with Crippen molar-refractivity contribution >= 4 is 16.3 Å². The molecule has 0 fully saturated rings. The number of ether oxygens (including phenoxy) is 2. The van der Waals surface area contributed by atoms with Crippen LogP contribution in [0.2, 0.25) is 0 Å². The second kappa shape index (κ2) is 7.81. The summed E-state index contributed by atoms with van der Waals surface area (Å²) in [7, 11) is -5.89. The SMILES string of the molecule is O=C(Oc1c(F)c(F)c(S(=O)(=O)[O-])c(F)c1F)OC1CC2c3ccccc3C1c1ccccc12. The zero-order valence-corrected chi connectivity index (χ0v) is 17.7. The van der Waals surface area contributed by atoms with E-state index in [1.54, 1.807) is 0 Å². The van der Waals surface area contributed by atoms with Crippen molar-refractivity contribution in [1.82, 2.24) is 0 Å². The van der Waals surface area contributed by atoms with Crippen molar-refractivity contribution in [1.29, 1.82) is 0 Å². The zero-order chi connectivity index (χ0) is 24.4. The Morgan fingerprint density at radius 3 is 1.76 bits per heavy atom. The highest BCUT2D eigenvalue weighted by atomic mass is 32.2. The first-order valence-electron chi connectivity index (χ1n) is 9.97. The number of hydrogen-bond acceptors (Lipinski definition) is 6. The number of halogens is 4. The van der Waals surface area contributed by atoms with Crippen molar-refractivity contribution < 1.29 is 44.8 Å². The molecule has 0 saturated heterocycles. The fraction of sp³-hybridized carbons (Fsp3) is 0.174. The van der Waals surface area contributed by atoms with Crippen LogP contribution < -0.4 is 4.74 Å². The van der Waals surface area contributed by atoms with Gasteiger partial charge in [-0.05, 0) is 28.7 Å². The molecule has 176 valence electrons. The Labute approximate surface area is 190 Å². The highest BCUT2D eigenvalue weighted by Gasteiger charge is 2.45. The summed E-state index contributed by atoms with van der Waals surface area (Å²) >= 11 is 0. The Morgan fingerprint density at radius 2 is 1.29 bits per heavy atom. The van der Waals surface area contributed by atoms with Crippen LogP contribution in [0.1, 0.15) is 40.5 Å². The highest BCUT2D eigenvalue weighted by Crippen LogP contribution is 2.53. The van der Waals surface area contributed by atoms with Crippen LogP contribution in [0.5, 0.6) is 5.75 Å². The van der Waals surface area contributed by atoms with E-state index >= 15 is 0 Å². The van der Waals surface area contributed by atoms with E-state index < -0.39 is 62.2 Å². The third-order valence-electron chi connectivity index (χ3n) is 6.12. The van der Waals surface area contributed by atoms with E-state index in [0.29, 0.717) is 6.42 Å². The number of hydrogen-bond donors (Lipinski definition) is 0. The Kier molecular flexibility index (Phi) is 5.14. The van der Waals surface area contributed by atoms with Crippen molar-refractivity contribution in [3.8, 4) is 5.75 Å². The van der Waals surface area contributed by atoms with Crippen molar-refractivity contribution in [2.75, 3.05) is 0 Å². The maximum Gasteiger partial charge on any atom is 0.514 e. The third-order valence-corrected chi connectivity index (χ3v) is 6.98. The normalized spacial score (nSPS) is 20.4. The van der Waals surface area contributed by atoms with Gasteiger partial charge in [-0.1, -0.05) is 48.5 Å². The molecule has 0 N–H and O–H groups in total. The Balaban J connectivity index is 1.46. The Morgan fingerprint density at radius 1 is 0.824 bits per heavy atom. The van der Waals surface area contributed by atoms with Gasteiger partial charge in [0, 0.05) is 11.8 Å². The molecule has 2 bridgehead atoms. The molecule has 3 aromatic rings. The van der Waals surface area contributed by atoms with Crippen molar-refractivity contribution in [2.24, 2.45) is 0 Å². The molecule has 0 saturated carbocycles. The average Bonchev–Trinajstić information content (AvgIpc) is 2.80. The van der Waals surface area contributed by atoms with Crippen LogP contribution >= 0.6 is 0 Å². The minimum atomic E-state index is -5.89. The molecule has 1 unspecified atom stereocenters. The van der Waals surface area contributed by atoms with E-state index in [9.17, 15) is 35.3 Å². The molecule has 0 amide bonds. The fourth-order valence-corrected chi connectivity index (χ4v) is 5.45. The summed E-state index contributed by atoms with van der Waals surface area (Å²) in [6.45, 7) is 0. The first-order chi connectivity index (χ1) is 16.1. The second-order valence-corrected chi connectivity index (χ2v) is 9.22. The molecular weight excluding hydrogens is 480 g/mol. The quantitative estimate of drug-likeness (QED) is 0.173. The van der Waals surface area contributed by atoms with Crippen LogP contribution in [0, 0.1) is 23.3 Å². The molecule has 11 heteroatoms. The third kappa shape index (κ3) is 3.34. The van der Waals surface area contributed by atoms with Gasteiger partial charge in [-0.15, -0.1) is 0 Å². The van der Waals surface area contributed by atoms with Crippen LogP contribution in [0.25, 0.3) is 0 Å². The van der Waals surface area contributed by atoms with Crippen molar-refractivity contribution in [3.05, 3.63) is 94.1 Å². The molecule has 6 nitrogen and oxygen atoms in total. The van der Waals surface area contributed by atoms with E-state index in [-0.39, 0.29) is 5.92 Å². The molecule has 34 heavy (non-hydrogen) atoms. The topological polar surface area (TPSA) is 92.7 Å². The largest absolute Gasteiger partial charge is 0.744 e. The van der Waals surface area contributed by atoms with E-state index in [2.05, 4.69) is 4.74 Å². The lowest BCUT2D eigenvalue weighted by molar-refractivity contribution is 0.0360. The molecule has 0 aromatic heterocycles. The monoisotopic (exact) mass is 493 g/mol. The Bertz CT molecular complexity index is 1380. The van der Waals surface area contributed by atoms with Crippen molar-refractivity contribution in [3.63, 3.8) is 0 Å². The number of fused-ring (bicyclic) bond motifs is 1. The van der Waals surface area contributed by atoms with Gasteiger partial charge in [-0.25, -0.2) is 22.0 Å². The number of carbonyl (C=O) groups excluding carboxylic acids is 1. The molecule has 0 aliphatic heterocycles. The van der Waals surface area contributed by atoms with Crippen LogP contribution in [0.3, 0.4) is 0 Å². The summed E-state index contributed by atoms with van der Waals surface area (Å²) in [5, 5.41) is 0. The maximum absolute atomic E-state index is 14.2. The van der Waals surface area contributed by atoms with Gasteiger partial charge >= 0.3 is 6.16 Å². The molecule has 0 heterocycles. The first-order valence-corrected chi connectivity index (χ1v) is 11.4. The Hall–Kier alpha value is -3.44.